The largest absolute Gasteiger partial charge is 0.344 e. The van der Waals surface area contributed by atoms with E-state index >= 15 is 0 Å². The Bertz CT molecular complexity index is 1200. The molecule has 3 rings (SSSR count). The van der Waals surface area contributed by atoms with Crippen LogP contribution in [-0.4, -0.2) is 31.4 Å². The molecule has 0 aliphatic rings. The fourth-order valence-electron chi connectivity index (χ4n) is 3.61. The van der Waals surface area contributed by atoms with Crippen LogP contribution < -0.4 is 5.32 Å². The fraction of sp³-hybridized carbons (Fsp3) is 0.240. The van der Waals surface area contributed by atoms with E-state index in [1.807, 2.05) is 56.3 Å². The highest BCUT2D eigenvalue weighted by Crippen LogP contribution is 2.26. The van der Waals surface area contributed by atoms with Crippen LogP contribution in [0.1, 0.15) is 33.9 Å². The quantitative estimate of drug-likeness (QED) is 0.522. The molecule has 0 saturated heterocycles. The zero-order valence-corrected chi connectivity index (χ0v) is 20.0. The highest BCUT2D eigenvalue weighted by atomic mass is 35.5. The predicted octanol–water partition coefficient (Wildman–Crippen LogP) is 4.62. The minimum atomic E-state index is -3.64. The Hall–Kier alpha value is -2.67. The zero-order valence-electron chi connectivity index (χ0n) is 18.4. The van der Waals surface area contributed by atoms with E-state index in [1.54, 1.807) is 24.3 Å². The fourth-order valence-corrected chi connectivity index (χ4v) is 4.53. The molecule has 1 amide bonds. The van der Waals surface area contributed by atoms with Gasteiger partial charge in [0.25, 0.3) is 0 Å². The van der Waals surface area contributed by atoms with Gasteiger partial charge in [-0.25, -0.2) is 8.42 Å². The second-order valence-corrected chi connectivity index (χ2v) is 10.3. The molecule has 1 unspecified atom stereocenters. The number of rotatable bonds is 8. The predicted molar refractivity (Wildman–Crippen MR) is 129 cm³/mol. The van der Waals surface area contributed by atoms with Gasteiger partial charge in [-0.15, -0.1) is 0 Å². The number of hydrogen-bond acceptors (Lipinski definition) is 3. The molecule has 0 spiro atoms. The van der Waals surface area contributed by atoms with Crippen molar-refractivity contribution in [1.82, 2.24) is 9.62 Å². The van der Waals surface area contributed by atoms with Gasteiger partial charge >= 0.3 is 0 Å². The van der Waals surface area contributed by atoms with Crippen LogP contribution in [0, 0.1) is 13.8 Å². The first kappa shape index (κ1) is 24.0. The molecule has 0 aliphatic heterocycles. The number of benzene rings is 3. The molecule has 168 valence electrons. The van der Waals surface area contributed by atoms with E-state index in [0.717, 1.165) is 32.8 Å². The van der Waals surface area contributed by atoms with Crippen LogP contribution in [0.5, 0.6) is 0 Å². The van der Waals surface area contributed by atoms with Gasteiger partial charge in [-0.1, -0.05) is 83.9 Å². The van der Waals surface area contributed by atoms with Gasteiger partial charge in [0.05, 0.1) is 18.8 Å². The Morgan fingerprint density at radius 3 is 2.28 bits per heavy atom. The summed E-state index contributed by atoms with van der Waals surface area (Å²) in [5, 5.41) is 3.49. The molecule has 0 bridgehead atoms. The Kier molecular flexibility index (Phi) is 7.72. The van der Waals surface area contributed by atoms with E-state index in [4.69, 9.17) is 11.6 Å². The highest BCUT2D eigenvalue weighted by molar-refractivity contribution is 7.88. The summed E-state index contributed by atoms with van der Waals surface area (Å²) in [5.41, 5.74) is 4.71. The molecule has 3 aromatic carbocycles. The van der Waals surface area contributed by atoms with Crippen molar-refractivity contribution in [3.63, 3.8) is 0 Å². The molecule has 0 saturated carbocycles. The van der Waals surface area contributed by atoms with Crippen molar-refractivity contribution in [3.05, 3.63) is 106 Å². The van der Waals surface area contributed by atoms with Crippen LogP contribution in [-0.2, 0) is 21.4 Å². The lowest BCUT2D eigenvalue weighted by Crippen LogP contribution is -2.41. The van der Waals surface area contributed by atoms with Crippen molar-refractivity contribution < 1.29 is 13.2 Å². The first-order valence-corrected chi connectivity index (χ1v) is 12.5. The lowest BCUT2D eigenvalue weighted by molar-refractivity contribution is -0.121. The molecular weight excluding hydrogens is 444 g/mol. The van der Waals surface area contributed by atoms with Crippen molar-refractivity contribution in [2.75, 3.05) is 12.8 Å². The van der Waals surface area contributed by atoms with E-state index in [2.05, 4.69) is 11.4 Å². The number of aryl methyl sites for hydroxylation is 2. The summed E-state index contributed by atoms with van der Waals surface area (Å²) in [6, 6.07) is 22.3. The van der Waals surface area contributed by atoms with Crippen molar-refractivity contribution >= 4 is 27.5 Å². The maximum atomic E-state index is 13.1. The third kappa shape index (κ3) is 6.19. The lowest BCUT2D eigenvalue weighted by Gasteiger charge is -2.25. The first-order chi connectivity index (χ1) is 15.1. The molecule has 5 nitrogen and oxygen atoms in total. The normalized spacial score (nSPS) is 12.5. The molecule has 32 heavy (non-hydrogen) atoms. The monoisotopic (exact) mass is 470 g/mol. The minimum Gasteiger partial charge on any atom is -0.344 e. The number of carbonyl (C=O) groups is 1. The van der Waals surface area contributed by atoms with E-state index in [9.17, 15) is 13.2 Å². The van der Waals surface area contributed by atoms with Crippen molar-refractivity contribution in [3.8, 4) is 0 Å². The topological polar surface area (TPSA) is 66.5 Å². The SMILES string of the molecule is Cc1ccc(C(NC(=O)CN(Cc2ccccc2Cl)S(C)(=O)=O)c2ccccc2)c(C)c1. The van der Waals surface area contributed by atoms with Gasteiger partial charge in [0, 0.05) is 11.6 Å². The van der Waals surface area contributed by atoms with E-state index in [-0.39, 0.29) is 13.1 Å². The van der Waals surface area contributed by atoms with E-state index < -0.39 is 22.0 Å². The third-order valence-corrected chi connectivity index (χ3v) is 6.83. The van der Waals surface area contributed by atoms with Crippen molar-refractivity contribution in [2.24, 2.45) is 0 Å². The molecule has 3 aromatic rings. The summed E-state index contributed by atoms with van der Waals surface area (Å²) in [6.45, 7) is 3.74. The maximum absolute atomic E-state index is 13.1. The number of hydrogen-bond donors (Lipinski definition) is 1. The number of amides is 1. The molecule has 0 heterocycles. The summed E-state index contributed by atoms with van der Waals surface area (Å²) in [4.78, 5) is 13.1. The number of sulfonamides is 1. The molecule has 0 aromatic heterocycles. The van der Waals surface area contributed by atoms with Gasteiger partial charge in [-0.2, -0.15) is 4.31 Å². The molecule has 1 atom stereocenters. The van der Waals surface area contributed by atoms with E-state index in [1.165, 1.54) is 0 Å². The van der Waals surface area contributed by atoms with Crippen molar-refractivity contribution in [2.45, 2.75) is 26.4 Å². The van der Waals surface area contributed by atoms with Crippen LogP contribution in [0.25, 0.3) is 0 Å². The number of halogens is 1. The average Bonchev–Trinajstić information content (AvgIpc) is 2.73. The molecule has 1 N–H and O–H groups in total. The second kappa shape index (κ2) is 10.3. The molecule has 7 heteroatoms. The Morgan fingerprint density at radius 2 is 1.66 bits per heavy atom. The summed E-state index contributed by atoms with van der Waals surface area (Å²) in [5.74, 6) is -0.392. The summed E-state index contributed by atoms with van der Waals surface area (Å²) in [7, 11) is -3.64. The Morgan fingerprint density at radius 1 is 1.00 bits per heavy atom. The van der Waals surface area contributed by atoms with Gasteiger partial charge in [0.1, 0.15) is 0 Å². The average molecular weight is 471 g/mol. The van der Waals surface area contributed by atoms with Crippen LogP contribution in [0.4, 0.5) is 0 Å². The van der Waals surface area contributed by atoms with Gasteiger partial charge in [-0.3, -0.25) is 4.79 Å². The van der Waals surface area contributed by atoms with Crippen LogP contribution >= 0.6 is 11.6 Å². The number of carbonyl (C=O) groups excluding carboxylic acids is 1. The van der Waals surface area contributed by atoms with Gasteiger partial charge in [-0.05, 0) is 42.2 Å². The van der Waals surface area contributed by atoms with Gasteiger partial charge in [0.2, 0.25) is 15.9 Å². The minimum absolute atomic E-state index is 0.0193. The van der Waals surface area contributed by atoms with Crippen LogP contribution in [0.2, 0.25) is 5.02 Å². The number of nitrogens with zero attached hydrogens (tertiary/aromatic N) is 1. The smallest absolute Gasteiger partial charge is 0.236 e. The summed E-state index contributed by atoms with van der Waals surface area (Å²) < 4.78 is 25.9. The maximum Gasteiger partial charge on any atom is 0.236 e. The molecule has 0 fully saturated rings. The molecule has 0 aliphatic carbocycles. The van der Waals surface area contributed by atoms with Crippen LogP contribution in [0.15, 0.2) is 72.8 Å². The van der Waals surface area contributed by atoms with Crippen molar-refractivity contribution in [1.29, 1.82) is 0 Å². The van der Waals surface area contributed by atoms with E-state index in [0.29, 0.717) is 10.6 Å². The van der Waals surface area contributed by atoms with Gasteiger partial charge in [0.15, 0.2) is 0 Å². The highest BCUT2D eigenvalue weighted by Gasteiger charge is 2.24. The molecular formula is C25H27ClN2O3S. The zero-order chi connectivity index (χ0) is 23.3. The third-order valence-electron chi connectivity index (χ3n) is 5.27. The standard InChI is InChI=1S/C25H27ClN2O3S/c1-18-13-14-22(19(2)15-18)25(20-9-5-4-6-10-20)27-24(29)17-28(32(3,30)31)16-21-11-7-8-12-23(21)26/h4-15,25H,16-17H2,1-3H3,(H,27,29). The van der Waals surface area contributed by atoms with Gasteiger partial charge < -0.3 is 5.32 Å². The number of nitrogens with one attached hydrogen (secondary N) is 1. The second-order valence-electron chi connectivity index (χ2n) is 7.89. The first-order valence-electron chi connectivity index (χ1n) is 10.2. The summed E-state index contributed by atoms with van der Waals surface area (Å²) >= 11 is 6.21. The Labute approximate surface area is 195 Å². The lowest BCUT2D eigenvalue weighted by atomic mass is 9.94. The Balaban J connectivity index is 1.87. The van der Waals surface area contributed by atoms with Crippen LogP contribution in [0.3, 0.4) is 0 Å². The molecule has 0 radical (unpaired) electrons. The summed E-state index contributed by atoms with van der Waals surface area (Å²) in [6.07, 6.45) is 1.09.